The molecule has 136 valence electrons. The molecular weight excluding hydrogens is 413 g/mol. The minimum Gasteiger partial charge on any atom is -0.325 e. The number of carbonyl (C=O) groups excluding carboxylic acids is 2. The van der Waals surface area contributed by atoms with Crippen LogP contribution in [0.15, 0.2) is 53.0 Å². The molecular formula is C18H14BrF3N2O2. The van der Waals surface area contributed by atoms with E-state index in [0.29, 0.717) is 10.2 Å². The average molecular weight is 427 g/mol. The molecule has 0 aromatic heterocycles. The Bertz CT molecular complexity index is 854. The number of rotatable bonds is 3. The summed E-state index contributed by atoms with van der Waals surface area (Å²) in [5.41, 5.74) is -0.118. The first-order valence-corrected chi connectivity index (χ1v) is 8.58. The summed E-state index contributed by atoms with van der Waals surface area (Å²) in [5, 5.41) is 2.74. The monoisotopic (exact) mass is 426 g/mol. The number of nitrogens with zero attached hydrogens (tertiary/aromatic N) is 1. The van der Waals surface area contributed by atoms with E-state index in [2.05, 4.69) is 21.2 Å². The van der Waals surface area contributed by atoms with Crippen molar-refractivity contribution < 1.29 is 22.8 Å². The lowest BCUT2D eigenvalue weighted by Crippen LogP contribution is -2.28. The van der Waals surface area contributed by atoms with Gasteiger partial charge in [-0.2, -0.15) is 13.2 Å². The SMILES string of the molecule is O=C(Nc1ccccc1Br)C1CC(=O)N(c2cccc(C(F)(F)F)c2)C1. The van der Waals surface area contributed by atoms with Gasteiger partial charge < -0.3 is 10.2 Å². The predicted octanol–water partition coefficient (Wildman–Crippen LogP) is 4.46. The Morgan fingerprint density at radius 3 is 2.58 bits per heavy atom. The van der Waals surface area contributed by atoms with Crippen molar-refractivity contribution in [3.63, 3.8) is 0 Å². The average Bonchev–Trinajstić information content (AvgIpc) is 2.98. The van der Waals surface area contributed by atoms with Crippen LogP contribution in [-0.2, 0) is 15.8 Å². The van der Waals surface area contributed by atoms with Crippen molar-refractivity contribution in [3.05, 3.63) is 58.6 Å². The number of carbonyl (C=O) groups is 2. The van der Waals surface area contributed by atoms with Gasteiger partial charge in [0.2, 0.25) is 11.8 Å². The summed E-state index contributed by atoms with van der Waals surface area (Å²) in [6.45, 7) is 0.0381. The highest BCUT2D eigenvalue weighted by atomic mass is 79.9. The van der Waals surface area contributed by atoms with Gasteiger partial charge in [0.1, 0.15) is 0 Å². The molecule has 1 N–H and O–H groups in total. The molecule has 1 unspecified atom stereocenters. The molecule has 2 aromatic rings. The van der Waals surface area contributed by atoms with E-state index in [0.717, 1.165) is 12.1 Å². The number of halogens is 4. The van der Waals surface area contributed by atoms with E-state index >= 15 is 0 Å². The lowest BCUT2D eigenvalue weighted by atomic mass is 10.1. The van der Waals surface area contributed by atoms with Gasteiger partial charge in [-0.1, -0.05) is 18.2 Å². The van der Waals surface area contributed by atoms with Crippen molar-refractivity contribution in [3.8, 4) is 0 Å². The van der Waals surface area contributed by atoms with E-state index < -0.39 is 17.7 Å². The highest BCUT2D eigenvalue weighted by molar-refractivity contribution is 9.10. The summed E-state index contributed by atoms with van der Waals surface area (Å²) >= 11 is 3.32. The van der Waals surface area contributed by atoms with Crippen LogP contribution in [0.5, 0.6) is 0 Å². The van der Waals surface area contributed by atoms with Crippen LogP contribution in [0.1, 0.15) is 12.0 Å². The number of hydrogen-bond acceptors (Lipinski definition) is 2. The zero-order valence-electron chi connectivity index (χ0n) is 13.4. The molecule has 26 heavy (non-hydrogen) atoms. The maximum absolute atomic E-state index is 12.9. The third kappa shape index (κ3) is 3.90. The van der Waals surface area contributed by atoms with Crippen LogP contribution in [0, 0.1) is 5.92 Å². The predicted molar refractivity (Wildman–Crippen MR) is 94.7 cm³/mol. The van der Waals surface area contributed by atoms with Crippen LogP contribution in [0.3, 0.4) is 0 Å². The fourth-order valence-electron chi connectivity index (χ4n) is 2.78. The molecule has 0 aliphatic carbocycles. The standard InChI is InChI=1S/C18H14BrF3N2O2/c19-14-6-1-2-7-15(14)23-17(26)11-8-16(25)24(10-11)13-5-3-4-12(9-13)18(20,21)22/h1-7,9,11H,8,10H2,(H,23,26). The first-order valence-electron chi connectivity index (χ1n) is 7.79. The van der Waals surface area contributed by atoms with E-state index in [1.54, 1.807) is 24.3 Å². The van der Waals surface area contributed by atoms with Gasteiger partial charge in [0.25, 0.3) is 0 Å². The molecule has 3 rings (SSSR count). The molecule has 1 fully saturated rings. The molecule has 0 radical (unpaired) electrons. The van der Waals surface area contributed by atoms with Crippen molar-refractivity contribution in [1.29, 1.82) is 0 Å². The van der Waals surface area contributed by atoms with E-state index in [1.807, 2.05) is 0 Å². The summed E-state index contributed by atoms with van der Waals surface area (Å²) < 4.78 is 39.3. The maximum atomic E-state index is 12.9. The van der Waals surface area contributed by atoms with Crippen molar-refractivity contribution in [2.24, 2.45) is 5.92 Å². The van der Waals surface area contributed by atoms with Crippen LogP contribution in [-0.4, -0.2) is 18.4 Å². The Kier molecular flexibility index (Phi) is 5.04. The zero-order chi connectivity index (χ0) is 18.9. The smallest absolute Gasteiger partial charge is 0.325 e. The van der Waals surface area contributed by atoms with Gasteiger partial charge in [-0.3, -0.25) is 9.59 Å². The number of nitrogens with one attached hydrogen (secondary N) is 1. The Balaban J connectivity index is 1.75. The Hall–Kier alpha value is -2.35. The number of hydrogen-bond donors (Lipinski definition) is 1. The molecule has 1 aliphatic heterocycles. The van der Waals surface area contributed by atoms with Crippen molar-refractivity contribution in [1.82, 2.24) is 0 Å². The normalized spacial score (nSPS) is 17.5. The lowest BCUT2D eigenvalue weighted by molar-refractivity contribution is -0.137. The van der Waals surface area contributed by atoms with Gasteiger partial charge in [0.05, 0.1) is 17.2 Å². The second-order valence-electron chi connectivity index (χ2n) is 5.92. The first-order chi connectivity index (χ1) is 12.3. The van der Waals surface area contributed by atoms with Crippen LogP contribution in [0.2, 0.25) is 0 Å². The Labute approximate surface area is 156 Å². The molecule has 2 aromatic carbocycles. The number of para-hydroxylation sites is 1. The van der Waals surface area contributed by atoms with Crippen LogP contribution >= 0.6 is 15.9 Å². The van der Waals surface area contributed by atoms with Crippen molar-refractivity contribution in [2.75, 3.05) is 16.8 Å². The van der Waals surface area contributed by atoms with E-state index in [9.17, 15) is 22.8 Å². The molecule has 0 bridgehead atoms. The van der Waals surface area contributed by atoms with E-state index in [4.69, 9.17) is 0 Å². The van der Waals surface area contributed by atoms with Gasteiger partial charge in [-0.05, 0) is 46.3 Å². The number of alkyl halides is 3. The van der Waals surface area contributed by atoms with Crippen LogP contribution in [0.4, 0.5) is 24.5 Å². The highest BCUT2D eigenvalue weighted by Gasteiger charge is 2.37. The summed E-state index contributed by atoms with van der Waals surface area (Å²) in [6.07, 6.45) is -4.54. The summed E-state index contributed by atoms with van der Waals surface area (Å²) in [4.78, 5) is 25.9. The summed E-state index contributed by atoms with van der Waals surface area (Å²) in [6, 6.07) is 11.6. The lowest BCUT2D eigenvalue weighted by Gasteiger charge is -2.18. The third-order valence-corrected chi connectivity index (χ3v) is 4.80. The van der Waals surface area contributed by atoms with Crippen molar-refractivity contribution >= 4 is 39.1 Å². The summed E-state index contributed by atoms with van der Waals surface area (Å²) in [5.74, 6) is -1.36. The number of amides is 2. The van der Waals surface area contributed by atoms with Gasteiger partial charge in [0.15, 0.2) is 0 Å². The Morgan fingerprint density at radius 2 is 1.88 bits per heavy atom. The molecule has 0 saturated carbocycles. The fraction of sp³-hybridized carbons (Fsp3) is 0.222. The molecule has 1 aliphatic rings. The Morgan fingerprint density at radius 1 is 1.15 bits per heavy atom. The second-order valence-corrected chi connectivity index (χ2v) is 6.78. The molecule has 0 spiro atoms. The van der Waals surface area contributed by atoms with Gasteiger partial charge >= 0.3 is 6.18 Å². The summed E-state index contributed by atoms with van der Waals surface area (Å²) in [7, 11) is 0. The number of anilines is 2. The highest BCUT2D eigenvalue weighted by Crippen LogP contribution is 2.33. The maximum Gasteiger partial charge on any atom is 0.416 e. The largest absolute Gasteiger partial charge is 0.416 e. The molecule has 4 nitrogen and oxygen atoms in total. The van der Waals surface area contributed by atoms with E-state index in [1.165, 1.54) is 17.0 Å². The quantitative estimate of drug-likeness (QED) is 0.787. The number of benzene rings is 2. The van der Waals surface area contributed by atoms with Gasteiger partial charge in [0, 0.05) is 23.1 Å². The zero-order valence-corrected chi connectivity index (χ0v) is 15.0. The van der Waals surface area contributed by atoms with Gasteiger partial charge in [-0.25, -0.2) is 0 Å². The van der Waals surface area contributed by atoms with Crippen LogP contribution in [0.25, 0.3) is 0 Å². The second kappa shape index (κ2) is 7.11. The first kappa shape index (κ1) is 18.4. The van der Waals surface area contributed by atoms with Gasteiger partial charge in [-0.15, -0.1) is 0 Å². The molecule has 1 heterocycles. The van der Waals surface area contributed by atoms with Crippen molar-refractivity contribution in [2.45, 2.75) is 12.6 Å². The minimum absolute atomic E-state index is 0.0381. The topological polar surface area (TPSA) is 49.4 Å². The van der Waals surface area contributed by atoms with Crippen LogP contribution < -0.4 is 10.2 Å². The molecule has 1 atom stereocenters. The molecule has 1 saturated heterocycles. The van der Waals surface area contributed by atoms with E-state index in [-0.39, 0.29) is 30.5 Å². The fourth-order valence-corrected chi connectivity index (χ4v) is 3.16. The molecule has 8 heteroatoms. The third-order valence-electron chi connectivity index (χ3n) is 4.11. The minimum atomic E-state index is -4.49. The molecule has 2 amide bonds.